The molecule has 1 atom stereocenters. The highest BCUT2D eigenvalue weighted by Gasteiger charge is 2.16. The molecule has 5 N–H and O–H groups in total. The van der Waals surface area contributed by atoms with E-state index < -0.39 is 20.5 Å². The van der Waals surface area contributed by atoms with E-state index >= 15 is 0 Å². The van der Waals surface area contributed by atoms with Gasteiger partial charge < -0.3 is 29.6 Å². The molecule has 0 heterocycles. The first kappa shape index (κ1) is 21.8. The monoisotopic (exact) mass is 316 g/mol. The Morgan fingerprint density at radius 3 is 1.90 bits per heavy atom. The summed E-state index contributed by atoms with van der Waals surface area (Å²) in [5.74, 6) is -0.141. The van der Waals surface area contributed by atoms with Gasteiger partial charge in [0.05, 0.1) is 27.7 Å². The second kappa shape index (κ2) is 9.46. The van der Waals surface area contributed by atoms with Crippen molar-refractivity contribution in [2.75, 3.05) is 40.9 Å². The molecule has 0 radical (unpaired) electrons. The number of aliphatic hydroxyl groups is 3. The second-order valence-electron chi connectivity index (χ2n) is 5.42. The van der Waals surface area contributed by atoms with Gasteiger partial charge in [0.25, 0.3) is 0 Å². The minimum Gasteiger partial charge on any atom is -0.510 e. The summed E-state index contributed by atoms with van der Waals surface area (Å²) in [5, 5.41) is 25.9. The lowest BCUT2D eigenvalue weighted by atomic mass is 10.2. The average Bonchev–Trinajstić information content (AvgIpc) is 2.24. The van der Waals surface area contributed by atoms with Crippen LogP contribution in [0.1, 0.15) is 13.8 Å². The Morgan fingerprint density at radius 1 is 1.25 bits per heavy atom. The van der Waals surface area contributed by atoms with Crippen LogP contribution in [0.5, 0.6) is 0 Å². The van der Waals surface area contributed by atoms with E-state index in [4.69, 9.17) is 25.1 Å². The number of nitrogens with zero attached hydrogens (tertiary/aromatic N) is 1. The van der Waals surface area contributed by atoms with Crippen LogP contribution in [0.3, 0.4) is 0 Å². The van der Waals surface area contributed by atoms with Gasteiger partial charge in [0.2, 0.25) is 0 Å². The molecule has 122 valence electrons. The number of hydrogen-bond donors (Lipinski definition) is 5. The van der Waals surface area contributed by atoms with E-state index in [2.05, 4.69) is 4.52 Å². The van der Waals surface area contributed by atoms with E-state index in [1.165, 1.54) is 0 Å². The smallest absolute Gasteiger partial charge is 0.469 e. The largest absolute Gasteiger partial charge is 0.510 e. The van der Waals surface area contributed by atoms with Crippen LogP contribution < -0.4 is 0 Å². The Labute approximate surface area is 119 Å². The molecule has 0 rings (SSSR count). The number of likely N-dealkylation sites (N-methyl/N-ethyl adjacent to an activating group) is 1. The van der Waals surface area contributed by atoms with Gasteiger partial charge in [-0.2, -0.15) is 0 Å². The topological polar surface area (TPSA) is 127 Å². The average molecular weight is 316 g/mol. The SMILES string of the molecule is CC(C)=C(O)C(O)CO.C[N+](C)(C)CCOP(=O)(O)O. The Hall–Kier alpha value is -0.470. The summed E-state index contributed by atoms with van der Waals surface area (Å²) in [6.07, 6.45) is -1.12. The maximum absolute atomic E-state index is 10.2. The summed E-state index contributed by atoms with van der Waals surface area (Å²) >= 11 is 0. The van der Waals surface area contributed by atoms with Crippen molar-refractivity contribution >= 4 is 7.82 Å². The van der Waals surface area contributed by atoms with Crippen molar-refractivity contribution in [3.05, 3.63) is 11.3 Å². The van der Waals surface area contributed by atoms with Crippen molar-refractivity contribution in [1.29, 1.82) is 0 Å². The van der Waals surface area contributed by atoms with E-state index in [1.807, 2.05) is 21.1 Å². The predicted molar refractivity (Wildman–Crippen MR) is 75.0 cm³/mol. The van der Waals surface area contributed by atoms with E-state index in [9.17, 15) is 4.57 Å². The molecule has 0 saturated carbocycles. The third-order valence-corrected chi connectivity index (χ3v) is 2.54. The van der Waals surface area contributed by atoms with Gasteiger partial charge in [-0.3, -0.25) is 4.52 Å². The molecular formula is C11H27NO7P+. The minimum absolute atomic E-state index is 0.0772. The number of phosphoric ester groups is 1. The third-order valence-electron chi connectivity index (χ3n) is 2.02. The molecular weight excluding hydrogens is 289 g/mol. The molecule has 0 aliphatic rings. The molecule has 0 aliphatic carbocycles. The number of quaternary nitrogens is 1. The fourth-order valence-electron chi connectivity index (χ4n) is 0.853. The molecule has 20 heavy (non-hydrogen) atoms. The van der Waals surface area contributed by atoms with Gasteiger partial charge >= 0.3 is 7.82 Å². The van der Waals surface area contributed by atoms with Crippen LogP contribution in [-0.2, 0) is 9.09 Å². The Balaban J connectivity index is 0. The molecule has 1 unspecified atom stereocenters. The molecule has 8 nitrogen and oxygen atoms in total. The quantitative estimate of drug-likeness (QED) is 0.265. The molecule has 0 aromatic carbocycles. The Bertz CT molecular complexity index is 341. The zero-order valence-electron chi connectivity index (χ0n) is 12.6. The fourth-order valence-corrected chi connectivity index (χ4v) is 1.17. The maximum Gasteiger partial charge on any atom is 0.469 e. The lowest BCUT2D eigenvalue weighted by molar-refractivity contribution is -0.870. The van der Waals surface area contributed by atoms with Gasteiger partial charge in [-0.05, 0) is 19.4 Å². The van der Waals surface area contributed by atoms with Crippen molar-refractivity contribution in [2.45, 2.75) is 20.0 Å². The highest BCUT2D eigenvalue weighted by molar-refractivity contribution is 7.46. The number of allylic oxidation sites excluding steroid dienone is 1. The van der Waals surface area contributed by atoms with Gasteiger partial charge in [-0.15, -0.1) is 0 Å². The summed E-state index contributed by atoms with van der Waals surface area (Å²) in [6, 6.07) is 0. The van der Waals surface area contributed by atoms with Crippen molar-refractivity contribution in [2.24, 2.45) is 0 Å². The van der Waals surface area contributed by atoms with E-state index in [0.29, 0.717) is 16.6 Å². The molecule has 0 spiro atoms. The summed E-state index contributed by atoms with van der Waals surface area (Å²) in [4.78, 5) is 16.6. The number of phosphoric acid groups is 1. The minimum atomic E-state index is -4.26. The first-order valence-electron chi connectivity index (χ1n) is 5.96. The summed E-state index contributed by atoms with van der Waals surface area (Å²) in [5.41, 5.74) is 0.622. The number of rotatable bonds is 6. The summed E-state index contributed by atoms with van der Waals surface area (Å²) in [6.45, 7) is 3.54. The Morgan fingerprint density at radius 2 is 1.70 bits per heavy atom. The molecule has 0 aliphatic heterocycles. The van der Waals surface area contributed by atoms with E-state index in [-0.39, 0.29) is 12.4 Å². The first-order chi connectivity index (χ1) is 8.80. The van der Waals surface area contributed by atoms with Crippen molar-refractivity contribution in [3.8, 4) is 0 Å². The van der Waals surface area contributed by atoms with E-state index in [1.54, 1.807) is 13.8 Å². The molecule has 0 aromatic rings. The predicted octanol–water partition coefficient (Wildman–Crippen LogP) is -0.00660. The normalized spacial score (nSPS) is 13.2. The molecule has 0 aromatic heterocycles. The van der Waals surface area contributed by atoms with Crippen LogP contribution >= 0.6 is 7.82 Å². The zero-order chi connectivity index (χ0) is 16.6. The van der Waals surface area contributed by atoms with Gasteiger partial charge in [0, 0.05) is 0 Å². The van der Waals surface area contributed by atoms with Crippen molar-refractivity contribution in [1.82, 2.24) is 0 Å². The van der Waals surface area contributed by atoms with Gasteiger partial charge in [0.15, 0.2) is 0 Å². The van der Waals surface area contributed by atoms with Crippen LogP contribution in [-0.4, -0.2) is 76.6 Å². The van der Waals surface area contributed by atoms with Crippen molar-refractivity contribution in [3.63, 3.8) is 0 Å². The third kappa shape index (κ3) is 15.6. The molecule has 0 amide bonds. The van der Waals surface area contributed by atoms with Crippen LogP contribution in [0.25, 0.3) is 0 Å². The highest BCUT2D eigenvalue weighted by atomic mass is 31.2. The van der Waals surface area contributed by atoms with Crippen LogP contribution in [0.15, 0.2) is 11.3 Å². The van der Waals surface area contributed by atoms with Gasteiger partial charge in [0.1, 0.15) is 25.0 Å². The van der Waals surface area contributed by atoms with Gasteiger partial charge in [-0.1, -0.05) is 0 Å². The van der Waals surface area contributed by atoms with E-state index in [0.717, 1.165) is 0 Å². The Kier molecular flexibility index (Phi) is 10.3. The van der Waals surface area contributed by atoms with Crippen molar-refractivity contribution < 1.29 is 38.7 Å². The molecule has 9 heteroatoms. The summed E-state index contributed by atoms with van der Waals surface area (Å²) in [7, 11) is 1.50. The zero-order valence-corrected chi connectivity index (χ0v) is 13.5. The maximum atomic E-state index is 10.2. The van der Waals surface area contributed by atoms with Crippen LogP contribution in [0.2, 0.25) is 0 Å². The van der Waals surface area contributed by atoms with Crippen LogP contribution in [0.4, 0.5) is 0 Å². The standard InChI is InChI=1S/C6H12O3.C5H14NO4P/c1-4(2)6(9)5(8)3-7;1-6(2,3)4-5-10-11(7,8)9/h5,7-9H,3H2,1-2H3;4-5H2,1-3H3,(H-,7,8,9)/p+1. The second-order valence-corrected chi connectivity index (χ2v) is 6.66. The molecule has 0 saturated heterocycles. The van der Waals surface area contributed by atoms with Crippen LogP contribution in [0, 0.1) is 0 Å². The number of aliphatic hydroxyl groups excluding tert-OH is 3. The lowest BCUT2D eigenvalue weighted by Gasteiger charge is -2.23. The first-order valence-corrected chi connectivity index (χ1v) is 7.49. The number of hydrogen-bond acceptors (Lipinski definition) is 5. The fraction of sp³-hybridized carbons (Fsp3) is 0.818. The summed E-state index contributed by atoms with van der Waals surface area (Å²) < 4.78 is 15.1. The van der Waals surface area contributed by atoms with Gasteiger partial charge in [-0.25, -0.2) is 4.57 Å². The molecule has 0 bridgehead atoms. The lowest BCUT2D eigenvalue weighted by Crippen LogP contribution is -2.37. The molecule has 0 fully saturated rings. The highest BCUT2D eigenvalue weighted by Crippen LogP contribution is 2.35.